The van der Waals surface area contributed by atoms with Crippen LogP contribution >= 0.6 is 0 Å². The molecule has 1 aliphatic carbocycles. The molecule has 0 bridgehead atoms. The van der Waals surface area contributed by atoms with Crippen molar-refractivity contribution in [3.8, 4) is 0 Å². The van der Waals surface area contributed by atoms with Crippen molar-refractivity contribution in [1.82, 2.24) is 5.43 Å². The van der Waals surface area contributed by atoms with Gasteiger partial charge in [0, 0.05) is 18.9 Å². The highest BCUT2D eigenvalue weighted by Gasteiger charge is 2.18. The first kappa shape index (κ1) is 11.4. The number of nitrogens with one attached hydrogen (secondary N) is 1. The van der Waals surface area contributed by atoms with Crippen molar-refractivity contribution in [3.05, 3.63) is 34.9 Å². The predicted octanol–water partition coefficient (Wildman–Crippen LogP) is 1.12. The predicted molar refractivity (Wildman–Crippen MR) is 70.4 cm³/mol. The first-order valence-electron chi connectivity index (χ1n) is 6.45. The van der Waals surface area contributed by atoms with E-state index in [0.717, 1.165) is 37.0 Å². The van der Waals surface area contributed by atoms with Crippen LogP contribution in [0.5, 0.6) is 0 Å². The van der Waals surface area contributed by atoms with Crippen LogP contribution < -0.4 is 11.2 Å². The number of hydrogen-bond acceptors (Lipinski definition) is 3. The molecule has 94 valence electrons. The Balaban J connectivity index is 1.88. The van der Waals surface area contributed by atoms with Crippen LogP contribution in [0.4, 0.5) is 0 Å². The summed E-state index contributed by atoms with van der Waals surface area (Å²) in [4.78, 5) is 11.1. The lowest BCUT2D eigenvalue weighted by molar-refractivity contribution is -0.121. The van der Waals surface area contributed by atoms with Crippen LogP contribution in [0.25, 0.3) is 0 Å². The molecule has 18 heavy (non-hydrogen) atoms. The van der Waals surface area contributed by atoms with E-state index >= 15 is 0 Å². The van der Waals surface area contributed by atoms with Gasteiger partial charge < -0.3 is 5.73 Å². The van der Waals surface area contributed by atoms with Gasteiger partial charge in [0.25, 0.3) is 0 Å². The number of nitrogens with zero attached hydrogens (tertiary/aromatic N) is 1. The van der Waals surface area contributed by atoms with Crippen LogP contribution in [-0.2, 0) is 17.6 Å². The topological polar surface area (TPSA) is 67.5 Å². The van der Waals surface area contributed by atoms with Crippen molar-refractivity contribution in [3.63, 3.8) is 0 Å². The fourth-order valence-electron chi connectivity index (χ4n) is 2.65. The van der Waals surface area contributed by atoms with Crippen LogP contribution in [0.15, 0.2) is 23.3 Å². The van der Waals surface area contributed by atoms with Gasteiger partial charge in [0.2, 0.25) is 5.91 Å². The molecule has 3 N–H and O–H groups in total. The first-order chi connectivity index (χ1) is 8.72. The number of amides is 1. The number of aryl methyl sites for hydroxylation is 1. The highest BCUT2D eigenvalue weighted by atomic mass is 16.2. The largest absolute Gasteiger partial charge is 0.327 e. The molecule has 1 amide bonds. The second kappa shape index (κ2) is 4.53. The third-order valence-corrected chi connectivity index (χ3v) is 3.71. The highest BCUT2D eigenvalue weighted by Crippen LogP contribution is 2.23. The molecule has 1 heterocycles. The molecule has 1 aromatic carbocycles. The fraction of sp³-hybridized carbons (Fsp3) is 0.429. The first-order valence-corrected chi connectivity index (χ1v) is 6.45. The van der Waals surface area contributed by atoms with E-state index in [2.05, 4.69) is 28.7 Å². The number of carbonyl (C=O) groups is 1. The third kappa shape index (κ3) is 2.16. The molecular formula is C14H17N3O. The summed E-state index contributed by atoms with van der Waals surface area (Å²) in [7, 11) is 0. The Bertz CT molecular complexity index is 522. The molecule has 1 unspecified atom stereocenters. The summed E-state index contributed by atoms with van der Waals surface area (Å²) < 4.78 is 0. The molecule has 4 heteroatoms. The van der Waals surface area contributed by atoms with Crippen molar-refractivity contribution in [2.75, 3.05) is 0 Å². The molecule has 2 aliphatic rings. The SMILES string of the molecule is NC1CCc2cc(C3=NNC(=O)CC3)ccc2C1. The van der Waals surface area contributed by atoms with Crippen LogP contribution in [0, 0.1) is 0 Å². The van der Waals surface area contributed by atoms with Gasteiger partial charge in [-0.15, -0.1) is 0 Å². The lowest BCUT2D eigenvalue weighted by Gasteiger charge is -2.22. The van der Waals surface area contributed by atoms with E-state index in [9.17, 15) is 4.79 Å². The number of hydrogen-bond donors (Lipinski definition) is 2. The summed E-state index contributed by atoms with van der Waals surface area (Å²) in [6.07, 6.45) is 4.33. The Kier molecular flexibility index (Phi) is 2.88. The number of fused-ring (bicyclic) bond motifs is 1. The van der Waals surface area contributed by atoms with Gasteiger partial charge in [0.1, 0.15) is 0 Å². The van der Waals surface area contributed by atoms with Crippen molar-refractivity contribution < 1.29 is 4.79 Å². The zero-order valence-corrected chi connectivity index (χ0v) is 10.3. The molecule has 0 saturated carbocycles. The van der Waals surface area contributed by atoms with Gasteiger partial charge in [0.05, 0.1) is 5.71 Å². The van der Waals surface area contributed by atoms with E-state index in [1.54, 1.807) is 0 Å². The third-order valence-electron chi connectivity index (χ3n) is 3.71. The number of benzene rings is 1. The Morgan fingerprint density at radius 3 is 2.89 bits per heavy atom. The summed E-state index contributed by atoms with van der Waals surface area (Å²) in [6.45, 7) is 0. The van der Waals surface area contributed by atoms with Gasteiger partial charge in [-0.1, -0.05) is 12.1 Å². The molecule has 1 aliphatic heterocycles. The molecule has 0 spiro atoms. The van der Waals surface area contributed by atoms with Crippen LogP contribution in [-0.4, -0.2) is 17.7 Å². The molecule has 3 rings (SSSR count). The minimum Gasteiger partial charge on any atom is -0.327 e. The summed E-state index contributed by atoms with van der Waals surface area (Å²) in [5.41, 5.74) is 13.4. The lowest BCUT2D eigenvalue weighted by Crippen LogP contribution is -2.28. The second-order valence-corrected chi connectivity index (χ2v) is 5.08. The van der Waals surface area contributed by atoms with Gasteiger partial charge in [-0.3, -0.25) is 4.79 Å². The molecule has 0 aromatic heterocycles. The molecule has 1 aromatic rings. The van der Waals surface area contributed by atoms with Crippen molar-refractivity contribution in [1.29, 1.82) is 0 Å². The molecule has 1 atom stereocenters. The Morgan fingerprint density at radius 1 is 1.22 bits per heavy atom. The fourth-order valence-corrected chi connectivity index (χ4v) is 2.65. The number of rotatable bonds is 1. The molecular weight excluding hydrogens is 226 g/mol. The normalized spacial score (nSPS) is 23.1. The van der Waals surface area contributed by atoms with Gasteiger partial charge in [-0.05, 0) is 42.0 Å². The summed E-state index contributed by atoms with van der Waals surface area (Å²) >= 11 is 0. The van der Waals surface area contributed by atoms with E-state index < -0.39 is 0 Å². The molecule has 0 saturated heterocycles. The van der Waals surface area contributed by atoms with E-state index in [1.807, 2.05) is 0 Å². The van der Waals surface area contributed by atoms with Gasteiger partial charge in [-0.2, -0.15) is 5.10 Å². The van der Waals surface area contributed by atoms with Crippen molar-refractivity contribution >= 4 is 11.6 Å². The van der Waals surface area contributed by atoms with E-state index in [-0.39, 0.29) is 5.91 Å². The van der Waals surface area contributed by atoms with Crippen molar-refractivity contribution in [2.45, 2.75) is 38.1 Å². The zero-order chi connectivity index (χ0) is 12.5. The standard InChI is InChI=1S/C14H17N3O/c15-12-4-3-9-7-11(2-1-10(9)8-12)13-5-6-14(18)17-16-13/h1-2,7,12H,3-6,8,15H2,(H,17,18). The molecule has 0 radical (unpaired) electrons. The van der Waals surface area contributed by atoms with E-state index in [4.69, 9.17) is 5.73 Å². The zero-order valence-electron chi connectivity index (χ0n) is 10.3. The quantitative estimate of drug-likeness (QED) is 0.776. The molecule has 0 fully saturated rings. The van der Waals surface area contributed by atoms with Crippen LogP contribution in [0.2, 0.25) is 0 Å². The minimum atomic E-state index is 0.00248. The number of hydrazone groups is 1. The Labute approximate surface area is 106 Å². The highest BCUT2D eigenvalue weighted by molar-refractivity contribution is 6.04. The van der Waals surface area contributed by atoms with Gasteiger partial charge in [0.15, 0.2) is 0 Å². The number of nitrogens with two attached hydrogens (primary N) is 1. The molecule has 4 nitrogen and oxygen atoms in total. The van der Waals surface area contributed by atoms with Gasteiger partial charge >= 0.3 is 0 Å². The minimum absolute atomic E-state index is 0.00248. The van der Waals surface area contributed by atoms with Crippen LogP contribution in [0.3, 0.4) is 0 Å². The van der Waals surface area contributed by atoms with Crippen LogP contribution in [0.1, 0.15) is 36.0 Å². The summed E-state index contributed by atoms with van der Waals surface area (Å²) in [5, 5.41) is 4.14. The smallest absolute Gasteiger partial charge is 0.240 e. The average molecular weight is 243 g/mol. The Hall–Kier alpha value is -1.68. The van der Waals surface area contributed by atoms with Gasteiger partial charge in [-0.25, -0.2) is 5.43 Å². The van der Waals surface area contributed by atoms with E-state index in [0.29, 0.717) is 12.5 Å². The second-order valence-electron chi connectivity index (χ2n) is 5.08. The van der Waals surface area contributed by atoms with Crippen molar-refractivity contribution in [2.24, 2.45) is 10.8 Å². The number of carbonyl (C=O) groups excluding carboxylic acids is 1. The monoisotopic (exact) mass is 243 g/mol. The average Bonchev–Trinajstić information content (AvgIpc) is 2.39. The maximum atomic E-state index is 11.1. The maximum Gasteiger partial charge on any atom is 0.240 e. The van der Waals surface area contributed by atoms with E-state index in [1.165, 1.54) is 11.1 Å². The maximum absolute atomic E-state index is 11.1. The lowest BCUT2D eigenvalue weighted by atomic mass is 9.86. The summed E-state index contributed by atoms with van der Waals surface area (Å²) in [5.74, 6) is 0.00248. The Morgan fingerprint density at radius 2 is 2.11 bits per heavy atom. The summed E-state index contributed by atoms with van der Waals surface area (Å²) in [6, 6.07) is 6.75.